The molecule has 7 heteroatoms. The quantitative estimate of drug-likeness (QED) is 0.439. The van der Waals surface area contributed by atoms with E-state index < -0.39 is 11.9 Å². The number of nitrogens with zero attached hydrogens (tertiary/aromatic N) is 2. The Labute approximate surface area is 105 Å². The van der Waals surface area contributed by atoms with Crippen LogP contribution in [-0.2, 0) is 4.79 Å². The van der Waals surface area contributed by atoms with E-state index >= 15 is 0 Å². The van der Waals surface area contributed by atoms with Crippen molar-refractivity contribution in [2.75, 3.05) is 10.7 Å². The van der Waals surface area contributed by atoms with Crippen molar-refractivity contribution < 1.29 is 4.79 Å². The third-order valence-electron chi connectivity index (χ3n) is 3.02. The Morgan fingerprint density at radius 3 is 2.50 bits per heavy atom. The van der Waals surface area contributed by atoms with Gasteiger partial charge in [-0.25, -0.2) is 15.8 Å². The molecule has 1 atom stereocenters. The fraction of sp³-hybridized carbons (Fsp3) is 0.545. The molecule has 1 saturated carbocycles. The number of nitrogens with two attached hydrogens (primary N) is 2. The number of carbonyl (C=O) groups excluding carboxylic acids is 1. The van der Waals surface area contributed by atoms with Crippen LogP contribution in [-0.4, -0.2) is 21.9 Å². The molecule has 0 bridgehead atoms. The molecular formula is C11H18N6O. The highest BCUT2D eigenvalue weighted by Crippen LogP contribution is 2.39. The molecule has 0 aromatic carbocycles. The molecule has 1 aromatic rings. The Hall–Kier alpha value is -1.89. The maximum Gasteiger partial charge on any atom is 0.239 e. The van der Waals surface area contributed by atoms with Crippen LogP contribution in [0.1, 0.15) is 37.1 Å². The summed E-state index contributed by atoms with van der Waals surface area (Å²) in [6, 6.07) is -0.490. The number of amides is 1. The summed E-state index contributed by atoms with van der Waals surface area (Å²) < 4.78 is 0. The number of hydrogen-bond donors (Lipinski definition) is 4. The summed E-state index contributed by atoms with van der Waals surface area (Å²) in [6.45, 7) is 3.53. The lowest BCUT2D eigenvalue weighted by Gasteiger charge is -2.16. The number of rotatable bonds is 5. The van der Waals surface area contributed by atoms with Gasteiger partial charge in [0, 0.05) is 11.5 Å². The first-order valence-corrected chi connectivity index (χ1v) is 5.94. The van der Waals surface area contributed by atoms with Crippen molar-refractivity contribution in [3.8, 4) is 0 Å². The van der Waals surface area contributed by atoms with E-state index in [0.717, 1.165) is 24.2 Å². The average molecular weight is 250 g/mol. The topological polar surface area (TPSA) is 119 Å². The Morgan fingerprint density at radius 2 is 2.00 bits per heavy atom. The van der Waals surface area contributed by atoms with Gasteiger partial charge in [0.2, 0.25) is 5.91 Å². The first-order chi connectivity index (χ1) is 8.52. The highest BCUT2D eigenvalue weighted by atomic mass is 16.1. The largest absolute Gasteiger partial charge is 0.368 e. The molecule has 1 amide bonds. The number of nitrogens with one attached hydrogen (secondary N) is 2. The van der Waals surface area contributed by atoms with Gasteiger partial charge in [-0.2, -0.15) is 0 Å². The van der Waals surface area contributed by atoms with Crippen molar-refractivity contribution in [1.29, 1.82) is 0 Å². The summed E-state index contributed by atoms with van der Waals surface area (Å²) in [4.78, 5) is 19.9. The predicted molar refractivity (Wildman–Crippen MR) is 68.8 cm³/mol. The van der Waals surface area contributed by atoms with Crippen molar-refractivity contribution in [3.63, 3.8) is 0 Å². The lowest BCUT2D eigenvalue weighted by molar-refractivity contribution is -0.118. The second-order valence-corrected chi connectivity index (χ2v) is 4.59. The molecule has 1 unspecified atom stereocenters. The normalized spacial score (nSPS) is 16.2. The molecule has 0 aliphatic heterocycles. The van der Waals surface area contributed by atoms with E-state index in [2.05, 4.69) is 20.7 Å². The summed E-state index contributed by atoms with van der Waals surface area (Å²) >= 11 is 0. The van der Waals surface area contributed by atoms with Gasteiger partial charge in [-0.1, -0.05) is 0 Å². The standard InChI is InChI=1S/C11H18N6O/c1-5-9(14-6(2)8(12)18)15-11(7-3-4-7)16-10(5)17-13/h6-7H,3-4,13H2,1-2H3,(H2,12,18)(H2,14,15,16,17). The molecular weight excluding hydrogens is 232 g/mol. The van der Waals surface area contributed by atoms with Crippen LogP contribution < -0.4 is 22.3 Å². The number of nitrogen functional groups attached to an aromatic ring is 1. The average Bonchev–Trinajstić information content (AvgIpc) is 3.15. The molecule has 6 N–H and O–H groups in total. The van der Waals surface area contributed by atoms with Gasteiger partial charge in [0.1, 0.15) is 23.5 Å². The zero-order chi connectivity index (χ0) is 13.3. The Kier molecular flexibility index (Phi) is 3.33. The van der Waals surface area contributed by atoms with Crippen molar-refractivity contribution in [1.82, 2.24) is 9.97 Å². The molecule has 1 aromatic heterocycles. The molecule has 0 radical (unpaired) electrons. The highest BCUT2D eigenvalue weighted by molar-refractivity contribution is 5.82. The number of hydrazine groups is 1. The Morgan fingerprint density at radius 1 is 1.39 bits per heavy atom. The van der Waals surface area contributed by atoms with Crippen LogP contribution in [0.25, 0.3) is 0 Å². The summed E-state index contributed by atoms with van der Waals surface area (Å²) in [7, 11) is 0. The van der Waals surface area contributed by atoms with Gasteiger partial charge >= 0.3 is 0 Å². The van der Waals surface area contributed by atoms with Gasteiger partial charge < -0.3 is 16.5 Å². The second kappa shape index (κ2) is 4.77. The number of carbonyl (C=O) groups is 1. The van der Waals surface area contributed by atoms with Crippen LogP contribution in [0.3, 0.4) is 0 Å². The second-order valence-electron chi connectivity index (χ2n) is 4.59. The van der Waals surface area contributed by atoms with Gasteiger partial charge in [0.05, 0.1) is 0 Å². The van der Waals surface area contributed by atoms with Crippen LogP contribution in [0.5, 0.6) is 0 Å². The van der Waals surface area contributed by atoms with Crippen LogP contribution in [0.15, 0.2) is 0 Å². The van der Waals surface area contributed by atoms with E-state index in [0.29, 0.717) is 17.6 Å². The summed E-state index contributed by atoms with van der Waals surface area (Å²) in [6.07, 6.45) is 2.19. The maximum absolute atomic E-state index is 11.1. The SMILES string of the molecule is Cc1c(NN)nc(C2CC2)nc1NC(C)C(N)=O. The molecule has 98 valence electrons. The molecule has 7 nitrogen and oxygen atoms in total. The monoisotopic (exact) mass is 250 g/mol. The number of primary amides is 1. The molecule has 1 aliphatic rings. The number of hydrogen-bond acceptors (Lipinski definition) is 6. The van der Waals surface area contributed by atoms with Gasteiger partial charge in [0.25, 0.3) is 0 Å². The van der Waals surface area contributed by atoms with E-state index in [1.54, 1.807) is 6.92 Å². The first-order valence-electron chi connectivity index (χ1n) is 5.94. The van der Waals surface area contributed by atoms with Crippen molar-refractivity contribution in [2.24, 2.45) is 11.6 Å². The van der Waals surface area contributed by atoms with Gasteiger partial charge in [-0.3, -0.25) is 4.79 Å². The maximum atomic E-state index is 11.1. The van der Waals surface area contributed by atoms with Gasteiger partial charge in [-0.05, 0) is 26.7 Å². The third-order valence-corrected chi connectivity index (χ3v) is 3.02. The number of aromatic nitrogens is 2. The van der Waals surface area contributed by atoms with E-state index in [1.165, 1.54) is 0 Å². The number of anilines is 2. The minimum Gasteiger partial charge on any atom is -0.368 e. The molecule has 1 heterocycles. The van der Waals surface area contributed by atoms with E-state index in [1.807, 2.05) is 6.92 Å². The summed E-state index contributed by atoms with van der Waals surface area (Å²) in [5, 5.41) is 2.99. The lowest BCUT2D eigenvalue weighted by atomic mass is 10.2. The van der Waals surface area contributed by atoms with Gasteiger partial charge in [0.15, 0.2) is 0 Å². The van der Waals surface area contributed by atoms with Crippen LogP contribution >= 0.6 is 0 Å². The van der Waals surface area contributed by atoms with E-state index in [-0.39, 0.29) is 0 Å². The zero-order valence-electron chi connectivity index (χ0n) is 10.5. The van der Waals surface area contributed by atoms with Crippen LogP contribution in [0, 0.1) is 6.92 Å². The molecule has 1 aliphatic carbocycles. The Balaban J connectivity index is 2.32. The van der Waals surface area contributed by atoms with Crippen LogP contribution in [0.2, 0.25) is 0 Å². The minimum atomic E-state index is -0.490. The summed E-state index contributed by atoms with van der Waals surface area (Å²) in [5.41, 5.74) is 8.56. The third kappa shape index (κ3) is 2.51. The minimum absolute atomic E-state index is 0.405. The molecule has 2 rings (SSSR count). The van der Waals surface area contributed by atoms with E-state index in [9.17, 15) is 4.79 Å². The van der Waals surface area contributed by atoms with E-state index in [4.69, 9.17) is 11.6 Å². The van der Waals surface area contributed by atoms with Crippen LogP contribution in [0.4, 0.5) is 11.6 Å². The lowest BCUT2D eigenvalue weighted by Crippen LogP contribution is -2.33. The van der Waals surface area contributed by atoms with Crippen molar-refractivity contribution in [3.05, 3.63) is 11.4 Å². The summed E-state index contributed by atoms with van der Waals surface area (Å²) in [5.74, 6) is 7.35. The molecule has 0 spiro atoms. The Bertz CT molecular complexity index is 471. The molecule has 18 heavy (non-hydrogen) atoms. The van der Waals surface area contributed by atoms with Crippen molar-refractivity contribution in [2.45, 2.75) is 38.6 Å². The van der Waals surface area contributed by atoms with Gasteiger partial charge in [-0.15, -0.1) is 0 Å². The zero-order valence-corrected chi connectivity index (χ0v) is 10.5. The fourth-order valence-corrected chi connectivity index (χ4v) is 1.62. The smallest absolute Gasteiger partial charge is 0.239 e. The molecule has 0 saturated heterocycles. The fourth-order valence-electron chi connectivity index (χ4n) is 1.62. The predicted octanol–water partition coefficient (Wildman–Crippen LogP) is 0.234. The first kappa shape index (κ1) is 12.6. The molecule has 1 fully saturated rings. The highest BCUT2D eigenvalue weighted by Gasteiger charge is 2.28. The van der Waals surface area contributed by atoms with Crippen molar-refractivity contribution >= 4 is 17.5 Å².